The van der Waals surface area contributed by atoms with Crippen molar-refractivity contribution in [1.82, 2.24) is 0 Å². The molecule has 3 heteroatoms. The zero-order valence-electron chi connectivity index (χ0n) is 10.9. The van der Waals surface area contributed by atoms with Crippen molar-refractivity contribution in [3.8, 4) is 0 Å². The van der Waals surface area contributed by atoms with Gasteiger partial charge in [0.2, 0.25) is 0 Å². The SMILES string of the molecule is CC1CCC(C)[C](OOC(=O)c2ccccc2)C1. The van der Waals surface area contributed by atoms with E-state index in [2.05, 4.69) is 13.8 Å². The summed E-state index contributed by atoms with van der Waals surface area (Å²) < 4.78 is 0. The van der Waals surface area contributed by atoms with Crippen molar-refractivity contribution in [2.24, 2.45) is 11.8 Å². The Labute approximate surface area is 108 Å². The molecule has 1 aliphatic carbocycles. The first-order valence-electron chi connectivity index (χ1n) is 6.46. The molecule has 97 valence electrons. The highest BCUT2D eigenvalue weighted by Gasteiger charge is 2.29. The molecule has 1 aromatic carbocycles. The van der Waals surface area contributed by atoms with Crippen LogP contribution in [0.1, 0.15) is 43.5 Å². The van der Waals surface area contributed by atoms with E-state index in [4.69, 9.17) is 9.78 Å². The molecule has 1 radical (unpaired) electrons. The summed E-state index contributed by atoms with van der Waals surface area (Å²) >= 11 is 0. The summed E-state index contributed by atoms with van der Waals surface area (Å²) in [5.41, 5.74) is 0.509. The third kappa shape index (κ3) is 3.33. The quantitative estimate of drug-likeness (QED) is 0.602. The Morgan fingerprint density at radius 2 is 1.89 bits per heavy atom. The van der Waals surface area contributed by atoms with Gasteiger partial charge in [0.15, 0.2) is 6.10 Å². The number of hydrogen-bond acceptors (Lipinski definition) is 3. The van der Waals surface area contributed by atoms with Gasteiger partial charge >= 0.3 is 5.97 Å². The van der Waals surface area contributed by atoms with Gasteiger partial charge in [0.1, 0.15) is 0 Å². The third-order valence-corrected chi connectivity index (χ3v) is 3.43. The predicted molar refractivity (Wildman–Crippen MR) is 68.4 cm³/mol. The minimum atomic E-state index is -0.437. The van der Waals surface area contributed by atoms with Gasteiger partial charge in [-0.2, -0.15) is 4.89 Å². The maximum Gasteiger partial charge on any atom is 0.373 e. The van der Waals surface area contributed by atoms with Crippen molar-refractivity contribution in [3.63, 3.8) is 0 Å². The van der Waals surface area contributed by atoms with E-state index in [0.717, 1.165) is 18.9 Å². The van der Waals surface area contributed by atoms with E-state index in [9.17, 15) is 4.79 Å². The molecule has 0 aliphatic heterocycles. The van der Waals surface area contributed by atoms with E-state index in [1.807, 2.05) is 6.07 Å². The molecule has 0 heterocycles. The molecule has 0 N–H and O–H groups in total. The molecule has 0 saturated heterocycles. The van der Waals surface area contributed by atoms with Gasteiger partial charge in [-0.25, -0.2) is 4.79 Å². The Hall–Kier alpha value is -1.35. The highest BCUT2D eigenvalue weighted by molar-refractivity contribution is 5.88. The number of hydrogen-bond donors (Lipinski definition) is 0. The molecule has 18 heavy (non-hydrogen) atoms. The smallest absolute Gasteiger partial charge is 0.292 e. The van der Waals surface area contributed by atoms with E-state index in [0.29, 0.717) is 17.4 Å². The molecule has 3 nitrogen and oxygen atoms in total. The van der Waals surface area contributed by atoms with Crippen molar-refractivity contribution < 1.29 is 14.6 Å². The fraction of sp³-hybridized carbons (Fsp3) is 0.467. The Balaban J connectivity index is 1.86. The standard InChI is InChI=1S/C15H19O3/c1-11-8-9-12(2)14(10-11)17-18-15(16)13-6-4-3-5-7-13/h3-7,11-12H,8-10H2,1-2H3. The van der Waals surface area contributed by atoms with E-state index in [1.165, 1.54) is 6.42 Å². The molecular weight excluding hydrogens is 228 g/mol. The van der Waals surface area contributed by atoms with Crippen molar-refractivity contribution in [3.05, 3.63) is 42.0 Å². The minimum Gasteiger partial charge on any atom is -0.292 e. The van der Waals surface area contributed by atoms with Crippen LogP contribution >= 0.6 is 0 Å². The summed E-state index contributed by atoms with van der Waals surface area (Å²) in [6, 6.07) is 8.88. The van der Waals surface area contributed by atoms with Crippen LogP contribution in [0.2, 0.25) is 0 Å². The minimum absolute atomic E-state index is 0.366. The molecule has 2 rings (SSSR count). The van der Waals surface area contributed by atoms with Crippen molar-refractivity contribution in [2.45, 2.75) is 33.1 Å². The lowest BCUT2D eigenvalue weighted by Gasteiger charge is -2.29. The number of carbonyl (C=O) groups excluding carboxylic acids is 1. The van der Waals surface area contributed by atoms with Gasteiger partial charge in [-0.15, -0.1) is 0 Å². The molecule has 1 saturated carbocycles. The first kappa shape index (κ1) is 13.1. The van der Waals surface area contributed by atoms with Crippen LogP contribution < -0.4 is 0 Å². The average Bonchev–Trinajstić information content (AvgIpc) is 2.40. The Morgan fingerprint density at radius 1 is 1.17 bits per heavy atom. The van der Waals surface area contributed by atoms with Crippen LogP contribution in [0.15, 0.2) is 30.3 Å². The number of benzene rings is 1. The van der Waals surface area contributed by atoms with Crippen LogP contribution in [0, 0.1) is 17.9 Å². The summed E-state index contributed by atoms with van der Waals surface area (Å²) in [5.74, 6) is 0.532. The van der Waals surface area contributed by atoms with Crippen LogP contribution in [0.4, 0.5) is 0 Å². The summed E-state index contributed by atoms with van der Waals surface area (Å²) in [5, 5.41) is 0. The zero-order valence-corrected chi connectivity index (χ0v) is 10.9. The van der Waals surface area contributed by atoms with Gasteiger partial charge in [0.05, 0.1) is 5.56 Å². The van der Waals surface area contributed by atoms with Gasteiger partial charge in [0.25, 0.3) is 0 Å². The fourth-order valence-electron chi connectivity index (χ4n) is 2.17. The monoisotopic (exact) mass is 247 g/mol. The molecule has 0 spiro atoms. The second-order valence-electron chi connectivity index (χ2n) is 5.07. The summed E-state index contributed by atoms with van der Waals surface area (Å²) in [6.45, 7) is 4.30. The molecule has 0 amide bonds. The first-order valence-corrected chi connectivity index (χ1v) is 6.46. The Bertz CT molecular complexity index is 388. The van der Waals surface area contributed by atoms with Gasteiger partial charge in [-0.1, -0.05) is 38.5 Å². The van der Waals surface area contributed by atoms with E-state index < -0.39 is 5.97 Å². The van der Waals surface area contributed by atoms with E-state index >= 15 is 0 Å². The lowest BCUT2D eigenvalue weighted by atomic mass is 9.82. The second-order valence-corrected chi connectivity index (χ2v) is 5.07. The van der Waals surface area contributed by atoms with Gasteiger partial charge in [-0.05, 0) is 36.8 Å². The lowest BCUT2D eigenvalue weighted by Crippen LogP contribution is -2.23. The van der Waals surface area contributed by atoms with Crippen LogP contribution in [-0.4, -0.2) is 5.97 Å². The fourth-order valence-corrected chi connectivity index (χ4v) is 2.17. The molecule has 1 fully saturated rings. The van der Waals surface area contributed by atoms with Crippen LogP contribution in [0.5, 0.6) is 0 Å². The Morgan fingerprint density at radius 3 is 2.61 bits per heavy atom. The summed E-state index contributed by atoms with van der Waals surface area (Å²) in [7, 11) is 0. The van der Waals surface area contributed by atoms with Crippen LogP contribution in [-0.2, 0) is 9.78 Å². The van der Waals surface area contributed by atoms with Crippen molar-refractivity contribution >= 4 is 5.97 Å². The molecule has 0 bridgehead atoms. The lowest BCUT2D eigenvalue weighted by molar-refractivity contribution is -0.248. The van der Waals surface area contributed by atoms with Crippen LogP contribution in [0.25, 0.3) is 0 Å². The van der Waals surface area contributed by atoms with Crippen molar-refractivity contribution in [1.29, 1.82) is 0 Å². The molecular formula is C15H19O3. The maximum atomic E-state index is 11.7. The zero-order chi connectivity index (χ0) is 13.0. The maximum absolute atomic E-state index is 11.7. The van der Waals surface area contributed by atoms with Crippen LogP contribution in [0.3, 0.4) is 0 Å². The third-order valence-electron chi connectivity index (χ3n) is 3.43. The first-order chi connectivity index (χ1) is 8.66. The topological polar surface area (TPSA) is 35.5 Å². The van der Waals surface area contributed by atoms with Gasteiger partial charge < -0.3 is 0 Å². The highest BCUT2D eigenvalue weighted by Crippen LogP contribution is 2.35. The second kappa shape index (κ2) is 6.01. The van der Waals surface area contributed by atoms with E-state index in [-0.39, 0.29) is 0 Å². The predicted octanol–water partition coefficient (Wildman–Crippen LogP) is 3.76. The Kier molecular flexibility index (Phi) is 4.37. The molecule has 2 atom stereocenters. The van der Waals surface area contributed by atoms with Gasteiger partial charge in [0, 0.05) is 0 Å². The summed E-state index contributed by atoms with van der Waals surface area (Å²) in [6.07, 6.45) is 4.07. The number of carbonyl (C=O) groups is 1. The molecule has 2 unspecified atom stereocenters. The van der Waals surface area contributed by atoms with Gasteiger partial charge in [-0.3, -0.25) is 4.89 Å². The van der Waals surface area contributed by atoms with E-state index in [1.54, 1.807) is 24.3 Å². The largest absolute Gasteiger partial charge is 0.373 e. The summed E-state index contributed by atoms with van der Waals surface area (Å²) in [4.78, 5) is 21.9. The normalized spacial score (nSPS) is 24.8. The highest BCUT2D eigenvalue weighted by atomic mass is 17.2. The average molecular weight is 247 g/mol. The number of rotatable bonds is 3. The molecule has 1 aliphatic rings. The van der Waals surface area contributed by atoms with Crippen molar-refractivity contribution in [2.75, 3.05) is 0 Å². The molecule has 1 aromatic rings. The molecule has 0 aromatic heterocycles.